The molecule has 0 radical (unpaired) electrons. The maximum absolute atomic E-state index is 11.1. The van der Waals surface area contributed by atoms with Crippen LogP contribution in [0.1, 0.15) is 38.3 Å². The summed E-state index contributed by atoms with van der Waals surface area (Å²) in [4.78, 5) is 11.1. The molecule has 0 aliphatic carbocycles. The molecule has 1 aromatic carbocycles. The molecule has 1 N–H and O–H groups in total. The van der Waals surface area contributed by atoms with E-state index in [1.54, 1.807) is 7.05 Å². The highest BCUT2D eigenvalue weighted by molar-refractivity contribution is 5.75. The predicted octanol–water partition coefficient (Wildman–Crippen LogP) is 2.66. The van der Waals surface area contributed by atoms with Gasteiger partial charge in [-0.1, -0.05) is 45.0 Å². The number of amides is 1. The highest BCUT2D eigenvalue weighted by atomic mass is 16.1. The van der Waals surface area contributed by atoms with Crippen LogP contribution in [0.2, 0.25) is 0 Å². The molecule has 0 bridgehead atoms. The number of hydrogen-bond acceptors (Lipinski definition) is 1. The molecule has 0 spiro atoms. The van der Waals surface area contributed by atoms with Gasteiger partial charge in [-0.15, -0.1) is 0 Å². The van der Waals surface area contributed by atoms with E-state index in [4.69, 9.17) is 0 Å². The number of carbonyl (C=O) groups is 1. The van der Waals surface area contributed by atoms with Crippen molar-refractivity contribution in [1.82, 2.24) is 5.32 Å². The SMILES string of the molecule is CNC(=O)CCc1ccc(C(C)(C)C)cc1. The number of rotatable bonds is 3. The van der Waals surface area contributed by atoms with Crippen molar-refractivity contribution < 1.29 is 4.79 Å². The van der Waals surface area contributed by atoms with Crippen LogP contribution in [0, 0.1) is 0 Å². The second-order valence-corrected chi connectivity index (χ2v) is 5.12. The number of hydrogen-bond donors (Lipinski definition) is 1. The van der Waals surface area contributed by atoms with Gasteiger partial charge in [0.2, 0.25) is 5.91 Å². The van der Waals surface area contributed by atoms with Crippen LogP contribution >= 0.6 is 0 Å². The molecule has 0 aliphatic rings. The van der Waals surface area contributed by atoms with Crippen LogP contribution in [0.25, 0.3) is 0 Å². The van der Waals surface area contributed by atoms with E-state index in [0.29, 0.717) is 6.42 Å². The van der Waals surface area contributed by atoms with Crippen LogP contribution in [0.5, 0.6) is 0 Å². The Morgan fingerprint density at radius 2 is 1.75 bits per heavy atom. The van der Waals surface area contributed by atoms with Crippen molar-refractivity contribution in [2.45, 2.75) is 39.0 Å². The van der Waals surface area contributed by atoms with Gasteiger partial charge in [0.25, 0.3) is 0 Å². The first-order valence-electron chi connectivity index (χ1n) is 5.73. The summed E-state index contributed by atoms with van der Waals surface area (Å²) in [6.07, 6.45) is 1.37. The van der Waals surface area contributed by atoms with Crippen molar-refractivity contribution in [3.8, 4) is 0 Å². The van der Waals surface area contributed by atoms with Crippen molar-refractivity contribution in [3.63, 3.8) is 0 Å². The zero-order chi connectivity index (χ0) is 12.2. The molecule has 0 saturated heterocycles. The summed E-state index contributed by atoms with van der Waals surface area (Å²) >= 11 is 0. The van der Waals surface area contributed by atoms with Crippen LogP contribution in [-0.2, 0) is 16.6 Å². The first-order valence-corrected chi connectivity index (χ1v) is 5.73. The smallest absolute Gasteiger partial charge is 0.220 e. The van der Waals surface area contributed by atoms with E-state index in [-0.39, 0.29) is 11.3 Å². The zero-order valence-corrected chi connectivity index (χ0v) is 10.6. The van der Waals surface area contributed by atoms with E-state index in [2.05, 4.69) is 50.4 Å². The predicted molar refractivity (Wildman–Crippen MR) is 67.5 cm³/mol. The standard InChI is InChI=1S/C14H21NO/c1-14(2,3)12-8-5-11(6-9-12)7-10-13(16)15-4/h5-6,8-9H,7,10H2,1-4H3,(H,15,16). The van der Waals surface area contributed by atoms with Gasteiger partial charge in [0.15, 0.2) is 0 Å². The molecule has 0 saturated carbocycles. The Bertz CT molecular complexity index is 346. The average Bonchev–Trinajstić information content (AvgIpc) is 2.25. The Morgan fingerprint density at radius 1 is 1.19 bits per heavy atom. The van der Waals surface area contributed by atoms with Crippen LogP contribution < -0.4 is 5.32 Å². The fourth-order valence-electron chi connectivity index (χ4n) is 1.55. The molecule has 0 unspecified atom stereocenters. The van der Waals surface area contributed by atoms with Crippen molar-refractivity contribution >= 4 is 5.91 Å². The van der Waals surface area contributed by atoms with Crippen LogP contribution in [0.3, 0.4) is 0 Å². The van der Waals surface area contributed by atoms with E-state index in [9.17, 15) is 4.79 Å². The monoisotopic (exact) mass is 219 g/mol. The maximum Gasteiger partial charge on any atom is 0.220 e. The summed E-state index contributed by atoms with van der Waals surface area (Å²) in [5, 5.41) is 2.63. The average molecular weight is 219 g/mol. The van der Waals surface area contributed by atoms with E-state index in [0.717, 1.165) is 6.42 Å². The van der Waals surface area contributed by atoms with Crippen molar-refractivity contribution in [2.75, 3.05) is 7.05 Å². The van der Waals surface area contributed by atoms with E-state index in [1.165, 1.54) is 11.1 Å². The molecular weight excluding hydrogens is 198 g/mol. The third kappa shape index (κ3) is 3.69. The Balaban J connectivity index is 2.62. The summed E-state index contributed by atoms with van der Waals surface area (Å²) in [7, 11) is 1.67. The fourth-order valence-corrected chi connectivity index (χ4v) is 1.55. The van der Waals surface area contributed by atoms with Gasteiger partial charge in [-0.25, -0.2) is 0 Å². The van der Waals surface area contributed by atoms with Gasteiger partial charge < -0.3 is 5.32 Å². The van der Waals surface area contributed by atoms with Gasteiger partial charge in [-0.05, 0) is 23.0 Å². The third-order valence-corrected chi connectivity index (χ3v) is 2.74. The molecule has 0 heterocycles. The Hall–Kier alpha value is -1.31. The molecular formula is C14H21NO. The second kappa shape index (κ2) is 5.15. The lowest BCUT2D eigenvalue weighted by Crippen LogP contribution is -2.18. The lowest BCUT2D eigenvalue weighted by Gasteiger charge is -2.19. The van der Waals surface area contributed by atoms with Crippen molar-refractivity contribution in [3.05, 3.63) is 35.4 Å². The topological polar surface area (TPSA) is 29.1 Å². The van der Waals surface area contributed by atoms with Gasteiger partial charge in [0.1, 0.15) is 0 Å². The second-order valence-electron chi connectivity index (χ2n) is 5.12. The molecule has 0 atom stereocenters. The largest absolute Gasteiger partial charge is 0.359 e. The molecule has 2 nitrogen and oxygen atoms in total. The molecule has 0 aromatic heterocycles. The first kappa shape index (κ1) is 12.8. The lowest BCUT2D eigenvalue weighted by molar-refractivity contribution is -0.120. The fraction of sp³-hybridized carbons (Fsp3) is 0.500. The minimum atomic E-state index is 0.0971. The summed E-state index contributed by atoms with van der Waals surface area (Å²) in [5.74, 6) is 0.0971. The van der Waals surface area contributed by atoms with Gasteiger partial charge in [-0.3, -0.25) is 4.79 Å². The van der Waals surface area contributed by atoms with Crippen molar-refractivity contribution in [2.24, 2.45) is 0 Å². The molecule has 1 rings (SSSR count). The molecule has 0 fully saturated rings. The molecule has 16 heavy (non-hydrogen) atoms. The van der Waals surface area contributed by atoms with Crippen molar-refractivity contribution in [1.29, 1.82) is 0 Å². The highest BCUT2D eigenvalue weighted by Crippen LogP contribution is 2.22. The van der Waals surface area contributed by atoms with Crippen LogP contribution in [-0.4, -0.2) is 13.0 Å². The number of nitrogens with one attached hydrogen (secondary N) is 1. The van der Waals surface area contributed by atoms with E-state index >= 15 is 0 Å². The lowest BCUT2D eigenvalue weighted by atomic mass is 9.86. The molecule has 2 heteroatoms. The van der Waals surface area contributed by atoms with E-state index in [1.807, 2.05) is 0 Å². The zero-order valence-electron chi connectivity index (χ0n) is 10.6. The molecule has 1 aromatic rings. The van der Waals surface area contributed by atoms with Crippen LogP contribution in [0.15, 0.2) is 24.3 Å². The number of carbonyl (C=O) groups excluding carboxylic acids is 1. The first-order chi connectivity index (χ1) is 7.43. The Morgan fingerprint density at radius 3 is 2.19 bits per heavy atom. The molecule has 88 valence electrons. The number of benzene rings is 1. The Kier molecular flexibility index (Phi) is 4.11. The quantitative estimate of drug-likeness (QED) is 0.832. The summed E-state index contributed by atoms with van der Waals surface area (Å²) < 4.78 is 0. The summed E-state index contributed by atoms with van der Waals surface area (Å²) in [6, 6.07) is 8.53. The minimum Gasteiger partial charge on any atom is -0.359 e. The highest BCUT2D eigenvalue weighted by Gasteiger charge is 2.12. The van der Waals surface area contributed by atoms with Gasteiger partial charge in [-0.2, -0.15) is 0 Å². The summed E-state index contributed by atoms with van der Waals surface area (Å²) in [5.41, 5.74) is 2.74. The van der Waals surface area contributed by atoms with Gasteiger partial charge in [0.05, 0.1) is 0 Å². The Labute approximate surface area is 98.1 Å². The van der Waals surface area contributed by atoms with Gasteiger partial charge in [0, 0.05) is 13.5 Å². The van der Waals surface area contributed by atoms with E-state index < -0.39 is 0 Å². The van der Waals surface area contributed by atoms with Gasteiger partial charge >= 0.3 is 0 Å². The maximum atomic E-state index is 11.1. The normalized spacial score (nSPS) is 11.2. The third-order valence-electron chi connectivity index (χ3n) is 2.74. The molecule has 1 amide bonds. The van der Waals surface area contributed by atoms with Crippen LogP contribution in [0.4, 0.5) is 0 Å². The number of aryl methyl sites for hydroxylation is 1. The minimum absolute atomic E-state index is 0.0971. The molecule has 0 aliphatic heterocycles. The summed E-state index contributed by atoms with van der Waals surface area (Å²) in [6.45, 7) is 6.60.